The third kappa shape index (κ3) is 4.21. The van der Waals surface area contributed by atoms with E-state index in [0.717, 1.165) is 41.9 Å². The number of nitrogens with one attached hydrogen (secondary N) is 1. The molecule has 0 atom stereocenters. The van der Waals surface area contributed by atoms with Gasteiger partial charge in [0.2, 0.25) is 0 Å². The minimum absolute atomic E-state index is 0.0185. The first-order chi connectivity index (χ1) is 14.1. The van der Waals surface area contributed by atoms with E-state index in [2.05, 4.69) is 23.5 Å². The van der Waals surface area contributed by atoms with Gasteiger partial charge in [0.1, 0.15) is 11.4 Å². The summed E-state index contributed by atoms with van der Waals surface area (Å²) in [6.07, 6.45) is 2.32. The number of ether oxygens (including phenoxy) is 1. The highest BCUT2D eigenvalue weighted by molar-refractivity contribution is 6.02. The number of urea groups is 1. The Morgan fingerprint density at radius 3 is 2.76 bits per heavy atom. The molecule has 152 valence electrons. The molecule has 6 nitrogen and oxygen atoms in total. The molecule has 1 fully saturated rings. The number of piperidine rings is 1. The molecule has 2 aliphatic rings. The molecule has 2 aliphatic heterocycles. The topological polar surface area (TPSA) is 63.2 Å². The van der Waals surface area contributed by atoms with Crippen molar-refractivity contribution in [2.24, 2.45) is 5.16 Å². The first-order valence-electron chi connectivity index (χ1n) is 10.1. The van der Waals surface area contributed by atoms with Crippen LogP contribution in [0.15, 0.2) is 53.7 Å². The average molecular weight is 393 g/mol. The van der Waals surface area contributed by atoms with Crippen molar-refractivity contribution in [2.75, 3.05) is 20.2 Å². The quantitative estimate of drug-likeness (QED) is 0.858. The van der Waals surface area contributed by atoms with Gasteiger partial charge in [0.25, 0.3) is 0 Å². The van der Waals surface area contributed by atoms with Crippen LogP contribution in [0.2, 0.25) is 0 Å². The van der Waals surface area contributed by atoms with Crippen LogP contribution >= 0.6 is 0 Å². The van der Waals surface area contributed by atoms with Gasteiger partial charge in [-0.2, -0.15) is 0 Å². The highest BCUT2D eigenvalue weighted by Gasteiger charge is 2.43. The summed E-state index contributed by atoms with van der Waals surface area (Å²) in [7, 11) is 1.66. The fourth-order valence-corrected chi connectivity index (χ4v) is 3.96. The number of aryl methyl sites for hydroxylation is 1. The SMILES string of the molecule is COc1cccc(C2=NOC3(CCN(C(=O)NCc4ccccc4C)CC3)C2)c1. The van der Waals surface area contributed by atoms with E-state index in [1.165, 1.54) is 5.56 Å². The molecule has 2 heterocycles. The lowest BCUT2D eigenvalue weighted by Crippen LogP contribution is -2.49. The number of rotatable bonds is 4. The van der Waals surface area contributed by atoms with Crippen LogP contribution in [0.4, 0.5) is 4.79 Å². The highest BCUT2D eigenvalue weighted by Crippen LogP contribution is 2.36. The second kappa shape index (κ2) is 8.15. The molecule has 4 rings (SSSR count). The Kier molecular flexibility index (Phi) is 5.43. The van der Waals surface area contributed by atoms with Crippen molar-refractivity contribution in [1.82, 2.24) is 10.2 Å². The number of amides is 2. The molecule has 0 aliphatic carbocycles. The summed E-state index contributed by atoms with van der Waals surface area (Å²) in [6, 6.07) is 16.0. The van der Waals surface area contributed by atoms with Crippen LogP contribution in [-0.4, -0.2) is 42.4 Å². The van der Waals surface area contributed by atoms with Crippen molar-refractivity contribution < 1.29 is 14.4 Å². The fourth-order valence-electron chi connectivity index (χ4n) is 3.96. The van der Waals surface area contributed by atoms with Gasteiger partial charge in [-0.1, -0.05) is 41.6 Å². The lowest BCUT2D eigenvalue weighted by Gasteiger charge is -2.37. The monoisotopic (exact) mass is 393 g/mol. The summed E-state index contributed by atoms with van der Waals surface area (Å²) >= 11 is 0. The maximum absolute atomic E-state index is 12.6. The van der Waals surface area contributed by atoms with E-state index in [9.17, 15) is 4.79 Å². The molecule has 0 aromatic heterocycles. The van der Waals surface area contributed by atoms with Gasteiger partial charge in [-0.15, -0.1) is 0 Å². The van der Waals surface area contributed by atoms with Crippen LogP contribution in [0.5, 0.6) is 5.75 Å². The first-order valence-corrected chi connectivity index (χ1v) is 10.1. The van der Waals surface area contributed by atoms with E-state index in [1.807, 2.05) is 47.4 Å². The van der Waals surface area contributed by atoms with E-state index >= 15 is 0 Å². The highest BCUT2D eigenvalue weighted by atomic mass is 16.7. The predicted octanol–water partition coefficient (Wildman–Crippen LogP) is 3.87. The Bertz CT molecular complexity index is 917. The van der Waals surface area contributed by atoms with Gasteiger partial charge < -0.3 is 19.8 Å². The maximum atomic E-state index is 12.6. The van der Waals surface area contributed by atoms with E-state index in [1.54, 1.807) is 7.11 Å². The summed E-state index contributed by atoms with van der Waals surface area (Å²) in [5, 5.41) is 7.40. The van der Waals surface area contributed by atoms with Gasteiger partial charge in [0.15, 0.2) is 0 Å². The molecule has 6 heteroatoms. The molecule has 0 saturated carbocycles. The summed E-state index contributed by atoms with van der Waals surface area (Å²) < 4.78 is 5.31. The molecule has 0 unspecified atom stereocenters. The molecular formula is C23H27N3O3. The number of oxime groups is 1. The lowest BCUT2D eigenvalue weighted by atomic mass is 9.85. The first kappa shape index (κ1) is 19.3. The van der Waals surface area contributed by atoms with Crippen LogP contribution in [0.3, 0.4) is 0 Å². The van der Waals surface area contributed by atoms with Crippen molar-refractivity contribution in [3.63, 3.8) is 0 Å². The molecule has 1 saturated heterocycles. The second-order valence-electron chi connectivity index (χ2n) is 7.79. The van der Waals surface area contributed by atoms with Crippen LogP contribution in [0, 0.1) is 6.92 Å². The number of hydrogen-bond acceptors (Lipinski definition) is 4. The molecule has 0 bridgehead atoms. The number of benzene rings is 2. The van der Waals surface area contributed by atoms with Crippen LogP contribution in [-0.2, 0) is 11.4 Å². The number of methoxy groups -OCH3 is 1. The van der Waals surface area contributed by atoms with Gasteiger partial charge in [0.05, 0.1) is 12.8 Å². The Balaban J connectivity index is 1.30. The maximum Gasteiger partial charge on any atom is 0.317 e. The molecule has 2 aromatic carbocycles. The van der Waals surface area contributed by atoms with E-state index in [-0.39, 0.29) is 11.6 Å². The van der Waals surface area contributed by atoms with Crippen LogP contribution < -0.4 is 10.1 Å². The zero-order valence-corrected chi connectivity index (χ0v) is 17.0. The summed E-state index contributed by atoms with van der Waals surface area (Å²) in [5.41, 5.74) is 4.00. The summed E-state index contributed by atoms with van der Waals surface area (Å²) in [6.45, 7) is 3.94. The van der Waals surface area contributed by atoms with Crippen molar-refractivity contribution in [1.29, 1.82) is 0 Å². The Hall–Kier alpha value is -3.02. The standard InChI is InChI=1S/C23H27N3O3/c1-17-6-3-4-7-19(17)16-24-22(27)26-12-10-23(11-13-26)15-21(25-29-23)18-8-5-9-20(14-18)28-2/h3-9,14H,10-13,15-16H2,1-2H3,(H,24,27). The summed E-state index contributed by atoms with van der Waals surface area (Å²) in [5.74, 6) is 0.811. The van der Waals surface area contributed by atoms with Crippen molar-refractivity contribution >= 4 is 11.7 Å². The number of hydrogen-bond donors (Lipinski definition) is 1. The predicted molar refractivity (Wildman–Crippen MR) is 112 cm³/mol. The molecule has 1 N–H and O–H groups in total. The van der Waals surface area contributed by atoms with Crippen molar-refractivity contribution in [3.05, 3.63) is 65.2 Å². The van der Waals surface area contributed by atoms with E-state index < -0.39 is 0 Å². The fraction of sp³-hybridized carbons (Fsp3) is 0.391. The summed E-state index contributed by atoms with van der Waals surface area (Å²) in [4.78, 5) is 20.3. The molecule has 29 heavy (non-hydrogen) atoms. The number of carbonyl (C=O) groups excluding carboxylic acids is 1. The van der Waals surface area contributed by atoms with E-state index in [4.69, 9.17) is 9.57 Å². The zero-order valence-electron chi connectivity index (χ0n) is 17.0. The van der Waals surface area contributed by atoms with Crippen LogP contribution in [0.1, 0.15) is 36.0 Å². The number of likely N-dealkylation sites (tertiary alicyclic amines) is 1. The average Bonchev–Trinajstić information content (AvgIpc) is 3.17. The molecule has 0 radical (unpaired) electrons. The Morgan fingerprint density at radius 2 is 2.00 bits per heavy atom. The van der Waals surface area contributed by atoms with Crippen molar-refractivity contribution in [2.45, 2.75) is 38.3 Å². The van der Waals surface area contributed by atoms with Crippen molar-refractivity contribution in [3.8, 4) is 5.75 Å². The lowest BCUT2D eigenvalue weighted by molar-refractivity contribution is -0.0550. The third-order valence-electron chi connectivity index (χ3n) is 5.90. The molecule has 2 amide bonds. The largest absolute Gasteiger partial charge is 0.497 e. The number of nitrogens with zero attached hydrogens (tertiary/aromatic N) is 2. The minimum atomic E-state index is -0.300. The molecule has 2 aromatic rings. The van der Waals surface area contributed by atoms with Gasteiger partial charge in [-0.3, -0.25) is 0 Å². The number of carbonyl (C=O) groups is 1. The van der Waals surface area contributed by atoms with Crippen LogP contribution in [0.25, 0.3) is 0 Å². The van der Waals surface area contributed by atoms with Gasteiger partial charge >= 0.3 is 6.03 Å². The Labute approximate surface area is 171 Å². The van der Waals surface area contributed by atoms with Gasteiger partial charge in [0, 0.05) is 44.5 Å². The smallest absolute Gasteiger partial charge is 0.317 e. The zero-order chi connectivity index (χ0) is 20.3. The van der Waals surface area contributed by atoms with E-state index in [0.29, 0.717) is 19.6 Å². The minimum Gasteiger partial charge on any atom is -0.497 e. The second-order valence-corrected chi connectivity index (χ2v) is 7.79. The third-order valence-corrected chi connectivity index (χ3v) is 5.90. The normalized spacial score (nSPS) is 17.6. The van der Waals surface area contributed by atoms with Gasteiger partial charge in [-0.25, -0.2) is 4.79 Å². The van der Waals surface area contributed by atoms with Gasteiger partial charge in [-0.05, 0) is 30.2 Å². The molecular weight excluding hydrogens is 366 g/mol. The Morgan fingerprint density at radius 1 is 1.21 bits per heavy atom. The molecule has 1 spiro atoms.